The molecule has 1 amide bonds. The smallest absolute Gasteiger partial charge is 0.260 e. The first-order chi connectivity index (χ1) is 11.5. The summed E-state index contributed by atoms with van der Waals surface area (Å²) in [6, 6.07) is 11.6. The molecule has 0 aliphatic carbocycles. The number of rotatable bonds is 7. The van der Waals surface area contributed by atoms with Crippen molar-refractivity contribution in [2.75, 3.05) is 13.2 Å². The first-order valence-corrected chi connectivity index (χ1v) is 7.85. The first kappa shape index (κ1) is 17.8. The van der Waals surface area contributed by atoms with E-state index in [4.69, 9.17) is 9.47 Å². The number of benzene rings is 2. The van der Waals surface area contributed by atoms with Crippen molar-refractivity contribution in [1.82, 2.24) is 5.32 Å². The molecule has 0 aliphatic rings. The predicted octanol–water partition coefficient (Wildman–Crippen LogP) is 3.41. The topological polar surface area (TPSA) is 47.6 Å². The third kappa shape index (κ3) is 5.26. The number of hydrogen-bond donors (Lipinski definition) is 1. The lowest BCUT2D eigenvalue weighted by molar-refractivity contribution is -0.127. The molecule has 2 aromatic carbocycles. The van der Waals surface area contributed by atoms with E-state index in [1.54, 1.807) is 6.92 Å². The third-order valence-electron chi connectivity index (χ3n) is 3.50. The molecule has 0 saturated heterocycles. The first-order valence-electron chi connectivity index (χ1n) is 7.85. The Morgan fingerprint density at radius 1 is 1.17 bits per heavy atom. The van der Waals surface area contributed by atoms with E-state index in [1.165, 1.54) is 24.3 Å². The average molecular weight is 331 g/mol. The van der Waals surface area contributed by atoms with E-state index >= 15 is 0 Å². The second kappa shape index (κ2) is 8.34. The molecule has 0 unspecified atom stereocenters. The standard InChI is InChI=1S/C19H22FNO3/c1-13-4-5-14(2)18(12-13)23-11-10-21-19(22)15(3)24-17-8-6-16(20)7-9-17/h4-9,12,15H,10-11H2,1-3H3,(H,21,22)/t15-/m0/s1. The van der Waals surface area contributed by atoms with Crippen LogP contribution in [-0.2, 0) is 4.79 Å². The molecule has 0 bridgehead atoms. The van der Waals surface area contributed by atoms with Gasteiger partial charge in [0.1, 0.15) is 23.9 Å². The van der Waals surface area contributed by atoms with Crippen molar-refractivity contribution in [2.24, 2.45) is 0 Å². The van der Waals surface area contributed by atoms with Crippen LogP contribution < -0.4 is 14.8 Å². The molecule has 2 aromatic rings. The van der Waals surface area contributed by atoms with Gasteiger partial charge in [0, 0.05) is 0 Å². The maximum atomic E-state index is 12.8. The zero-order valence-electron chi connectivity index (χ0n) is 14.1. The molecule has 1 N–H and O–H groups in total. The summed E-state index contributed by atoms with van der Waals surface area (Å²) in [5.74, 6) is 0.678. The zero-order chi connectivity index (χ0) is 17.5. The lowest BCUT2D eigenvalue weighted by Crippen LogP contribution is -2.38. The van der Waals surface area contributed by atoms with E-state index in [0.29, 0.717) is 18.9 Å². The highest BCUT2D eigenvalue weighted by Crippen LogP contribution is 2.18. The van der Waals surface area contributed by atoms with Crippen LogP contribution in [0.3, 0.4) is 0 Å². The van der Waals surface area contributed by atoms with Gasteiger partial charge in [0.05, 0.1) is 6.54 Å². The summed E-state index contributed by atoms with van der Waals surface area (Å²) < 4.78 is 24.0. The Bertz CT molecular complexity index is 686. The van der Waals surface area contributed by atoms with E-state index < -0.39 is 6.10 Å². The van der Waals surface area contributed by atoms with Gasteiger partial charge in [0.25, 0.3) is 5.91 Å². The minimum Gasteiger partial charge on any atom is -0.491 e. The SMILES string of the molecule is Cc1ccc(C)c(OCCNC(=O)[C@H](C)Oc2ccc(F)cc2)c1. The van der Waals surface area contributed by atoms with Crippen LogP contribution in [-0.4, -0.2) is 25.2 Å². The fourth-order valence-electron chi connectivity index (χ4n) is 2.11. The Balaban J connectivity index is 1.74. The predicted molar refractivity (Wildman–Crippen MR) is 90.9 cm³/mol. The van der Waals surface area contributed by atoms with Gasteiger partial charge in [-0.1, -0.05) is 12.1 Å². The molecule has 0 fully saturated rings. The Morgan fingerprint density at radius 2 is 1.88 bits per heavy atom. The highest BCUT2D eigenvalue weighted by Gasteiger charge is 2.14. The lowest BCUT2D eigenvalue weighted by Gasteiger charge is -2.15. The van der Waals surface area contributed by atoms with Crippen LogP contribution in [0.2, 0.25) is 0 Å². The van der Waals surface area contributed by atoms with Crippen molar-refractivity contribution in [3.8, 4) is 11.5 Å². The summed E-state index contributed by atoms with van der Waals surface area (Å²) in [4.78, 5) is 12.0. The Morgan fingerprint density at radius 3 is 2.58 bits per heavy atom. The van der Waals surface area contributed by atoms with Crippen molar-refractivity contribution >= 4 is 5.91 Å². The maximum absolute atomic E-state index is 12.8. The van der Waals surface area contributed by atoms with E-state index in [2.05, 4.69) is 5.32 Å². The maximum Gasteiger partial charge on any atom is 0.260 e. The van der Waals surface area contributed by atoms with E-state index in [-0.39, 0.29) is 11.7 Å². The van der Waals surface area contributed by atoms with Crippen LogP contribution in [0.25, 0.3) is 0 Å². The third-order valence-corrected chi connectivity index (χ3v) is 3.50. The van der Waals surface area contributed by atoms with E-state index in [9.17, 15) is 9.18 Å². The van der Waals surface area contributed by atoms with Gasteiger partial charge in [-0.2, -0.15) is 0 Å². The van der Waals surface area contributed by atoms with Gasteiger partial charge in [-0.25, -0.2) is 4.39 Å². The highest BCUT2D eigenvalue weighted by atomic mass is 19.1. The monoisotopic (exact) mass is 331 g/mol. The van der Waals surface area contributed by atoms with Crippen molar-refractivity contribution < 1.29 is 18.7 Å². The molecule has 0 spiro atoms. The molecule has 5 heteroatoms. The summed E-state index contributed by atoms with van der Waals surface area (Å²) in [7, 11) is 0. The van der Waals surface area contributed by atoms with E-state index in [1.807, 2.05) is 32.0 Å². The number of ether oxygens (including phenoxy) is 2. The summed E-state index contributed by atoms with van der Waals surface area (Å²) in [5.41, 5.74) is 2.18. The summed E-state index contributed by atoms with van der Waals surface area (Å²) in [6.45, 7) is 6.38. The number of amides is 1. The second-order valence-corrected chi connectivity index (χ2v) is 5.62. The number of carbonyl (C=O) groups is 1. The summed E-state index contributed by atoms with van der Waals surface area (Å²) >= 11 is 0. The fourth-order valence-corrected chi connectivity index (χ4v) is 2.11. The molecule has 1 atom stereocenters. The van der Waals surface area contributed by atoms with Gasteiger partial charge < -0.3 is 14.8 Å². The molecule has 0 saturated carbocycles. The molecule has 24 heavy (non-hydrogen) atoms. The summed E-state index contributed by atoms with van der Waals surface area (Å²) in [5, 5.41) is 2.76. The van der Waals surface area contributed by atoms with Gasteiger partial charge in [0.2, 0.25) is 0 Å². The molecule has 0 aromatic heterocycles. The molecule has 128 valence electrons. The second-order valence-electron chi connectivity index (χ2n) is 5.62. The molecule has 2 rings (SSSR count). The van der Waals surface area contributed by atoms with Gasteiger partial charge in [-0.3, -0.25) is 4.79 Å². The van der Waals surface area contributed by atoms with Crippen molar-refractivity contribution in [2.45, 2.75) is 26.9 Å². The van der Waals surface area contributed by atoms with Gasteiger partial charge in [-0.15, -0.1) is 0 Å². The number of hydrogen-bond acceptors (Lipinski definition) is 3. The molecule has 0 aliphatic heterocycles. The van der Waals surface area contributed by atoms with Crippen molar-refractivity contribution in [1.29, 1.82) is 0 Å². The van der Waals surface area contributed by atoms with Gasteiger partial charge in [0.15, 0.2) is 6.10 Å². The van der Waals surface area contributed by atoms with Crippen molar-refractivity contribution in [3.63, 3.8) is 0 Å². The van der Waals surface area contributed by atoms with Crippen LogP contribution in [0.4, 0.5) is 4.39 Å². The highest BCUT2D eigenvalue weighted by molar-refractivity contribution is 5.80. The van der Waals surface area contributed by atoms with Crippen LogP contribution in [0.1, 0.15) is 18.1 Å². The molecule has 0 radical (unpaired) electrons. The number of halogens is 1. The normalized spacial score (nSPS) is 11.7. The molecule has 4 nitrogen and oxygen atoms in total. The molecule has 0 heterocycles. The van der Waals surface area contributed by atoms with Crippen LogP contribution in [0.15, 0.2) is 42.5 Å². The van der Waals surface area contributed by atoms with Crippen LogP contribution in [0.5, 0.6) is 11.5 Å². The lowest BCUT2D eigenvalue weighted by atomic mass is 10.1. The fraction of sp³-hybridized carbons (Fsp3) is 0.316. The minimum absolute atomic E-state index is 0.246. The largest absolute Gasteiger partial charge is 0.491 e. The number of nitrogens with one attached hydrogen (secondary N) is 1. The molecular weight excluding hydrogens is 309 g/mol. The quantitative estimate of drug-likeness (QED) is 0.791. The Kier molecular flexibility index (Phi) is 6.18. The summed E-state index contributed by atoms with van der Waals surface area (Å²) in [6.07, 6.45) is -0.670. The minimum atomic E-state index is -0.670. The van der Waals surface area contributed by atoms with Crippen molar-refractivity contribution in [3.05, 3.63) is 59.4 Å². The average Bonchev–Trinajstić information content (AvgIpc) is 2.56. The van der Waals surface area contributed by atoms with E-state index in [0.717, 1.165) is 16.9 Å². The van der Waals surface area contributed by atoms with Crippen LogP contribution >= 0.6 is 0 Å². The molecular formula is C19H22FNO3. The zero-order valence-corrected chi connectivity index (χ0v) is 14.1. The van der Waals surface area contributed by atoms with Gasteiger partial charge >= 0.3 is 0 Å². The van der Waals surface area contributed by atoms with Gasteiger partial charge in [-0.05, 0) is 62.2 Å². The Labute approximate surface area is 141 Å². The van der Waals surface area contributed by atoms with Crippen LogP contribution in [0, 0.1) is 19.7 Å². The Hall–Kier alpha value is -2.56. The number of aryl methyl sites for hydroxylation is 2. The number of carbonyl (C=O) groups excluding carboxylic acids is 1.